The average Bonchev–Trinajstić information content (AvgIpc) is 1.80. The van der Waals surface area contributed by atoms with Gasteiger partial charge < -0.3 is 10.6 Å². The molecule has 2 bridgehead atoms. The van der Waals surface area contributed by atoms with Crippen molar-refractivity contribution < 1.29 is 0 Å². The van der Waals surface area contributed by atoms with Gasteiger partial charge in [-0.05, 0) is 38.8 Å². The lowest BCUT2D eigenvalue weighted by molar-refractivity contribution is 0.303. The minimum atomic E-state index is 0.809. The van der Waals surface area contributed by atoms with E-state index >= 15 is 0 Å². The monoisotopic (exact) mass is 154 g/mol. The molecule has 2 nitrogen and oxygen atoms in total. The zero-order chi connectivity index (χ0) is 7.52. The molecule has 0 spiro atoms. The predicted molar refractivity (Wildman–Crippen MR) is 46.7 cm³/mol. The van der Waals surface area contributed by atoms with Gasteiger partial charge in [0.05, 0.1) is 0 Å². The first-order valence-electron chi connectivity index (χ1n) is 4.92. The molecule has 2 atom stereocenters. The third-order valence-electron chi connectivity index (χ3n) is 2.96. The van der Waals surface area contributed by atoms with Gasteiger partial charge in [0, 0.05) is 12.1 Å². The fraction of sp³-hybridized carbons (Fsp3) is 1.00. The summed E-state index contributed by atoms with van der Waals surface area (Å²) in [7, 11) is 0. The van der Waals surface area contributed by atoms with Crippen molar-refractivity contribution in [3.63, 3.8) is 0 Å². The van der Waals surface area contributed by atoms with Crippen LogP contribution in [0.1, 0.15) is 32.1 Å². The summed E-state index contributed by atoms with van der Waals surface area (Å²) in [6.07, 6.45) is 6.87. The van der Waals surface area contributed by atoms with Gasteiger partial charge in [-0.15, -0.1) is 0 Å². The molecule has 0 aromatic carbocycles. The summed E-state index contributed by atoms with van der Waals surface area (Å²) >= 11 is 0. The highest BCUT2D eigenvalue weighted by molar-refractivity contribution is 4.80. The lowest BCUT2D eigenvalue weighted by Crippen LogP contribution is -2.44. The first-order chi connectivity index (χ1) is 5.45. The van der Waals surface area contributed by atoms with Crippen LogP contribution in [0.25, 0.3) is 0 Å². The molecule has 3 aliphatic heterocycles. The second-order valence-corrected chi connectivity index (χ2v) is 3.81. The van der Waals surface area contributed by atoms with E-state index in [2.05, 4.69) is 10.6 Å². The Kier molecular flexibility index (Phi) is 2.44. The molecule has 0 amide bonds. The van der Waals surface area contributed by atoms with Crippen LogP contribution >= 0.6 is 0 Å². The molecule has 3 rings (SSSR count). The molecule has 2 unspecified atom stereocenters. The molecule has 3 saturated heterocycles. The van der Waals surface area contributed by atoms with Crippen LogP contribution in [0.4, 0.5) is 0 Å². The standard InChI is InChI=1S/C9H18N2/c1-2-8-4-6-11-9(3-1)5-7-10-8/h8-11H,1-7H2. The van der Waals surface area contributed by atoms with Gasteiger partial charge in [-0.25, -0.2) is 0 Å². The maximum atomic E-state index is 3.61. The van der Waals surface area contributed by atoms with Gasteiger partial charge in [0.1, 0.15) is 0 Å². The van der Waals surface area contributed by atoms with Gasteiger partial charge in [-0.2, -0.15) is 0 Å². The quantitative estimate of drug-likeness (QED) is 0.541. The minimum Gasteiger partial charge on any atom is -0.314 e. The van der Waals surface area contributed by atoms with Gasteiger partial charge in [0.15, 0.2) is 0 Å². The number of hydrogen-bond donors (Lipinski definition) is 2. The largest absolute Gasteiger partial charge is 0.314 e. The predicted octanol–water partition coefficient (Wildman–Crippen LogP) is 0.880. The first-order valence-corrected chi connectivity index (χ1v) is 4.92. The molecule has 0 radical (unpaired) electrons. The molecule has 64 valence electrons. The van der Waals surface area contributed by atoms with Crippen molar-refractivity contribution in [1.29, 1.82) is 0 Å². The molecule has 0 aromatic heterocycles. The summed E-state index contributed by atoms with van der Waals surface area (Å²) in [6, 6.07) is 1.62. The Morgan fingerprint density at radius 1 is 0.727 bits per heavy atom. The van der Waals surface area contributed by atoms with E-state index in [4.69, 9.17) is 0 Å². The van der Waals surface area contributed by atoms with Crippen LogP contribution in [-0.4, -0.2) is 25.2 Å². The van der Waals surface area contributed by atoms with E-state index in [9.17, 15) is 0 Å². The summed E-state index contributed by atoms with van der Waals surface area (Å²) < 4.78 is 0. The van der Waals surface area contributed by atoms with Crippen LogP contribution in [0.5, 0.6) is 0 Å². The average molecular weight is 154 g/mol. The van der Waals surface area contributed by atoms with Crippen LogP contribution in [0.3, 0.4) is 0 Å². The van der Waals surface area contributed by atoms with Crippen molar-refractivity contribution in [2.45, 2.75) is 44.2 Å². The van der Waals surface area contributed by atoms with Crippen molar-refractivity contribution >= 4 is 0 Å². The number of nitrogens with one attached hydrogen (secondary N) is 2. The van der Waals surface area contributed by atoms with E-state index in [1.807, 2.05) is 0 Å². The van der Waals surface area contributed by atoms with Crippen molar-refractivity contribution in [2.75, 3.05) is 13.1 Å². The highest BCUT2D eigenvalue weighted by atomic mass is 15.0. The van der Waals surface area contributed by atoms with Crippen molar-refractivity contribution in [3.8, 4) is 0 Å². The van der Waals surface area contributed by atoms with Gasteiger partial charge in [0.2, 0.25) is 0 Å². The molecule has 2 N–H and O–H groups in total. The Morgan fingerprint density at radius 3 is 1.82 bits per heavy atom. The summed E-state index contributed by atoms with van der Waals surface area (Å²) in [5, 5.41) is 7.23. The molecular weight excluding hydrogens is 136 g/mol. The molecular formula is C9H18N2. The fourth-order valence-electron chi connectivity index (χ4n) is 2.23. The van der Waals surface area contributed by atoms with Gasteiger partial charge in [-0.3, -0.25) is 0 Å². The number of fused-ring (bicyclic) bond motifs is 6. The SMILES string of the molecule is C1CC2CCNC(C1)CCN2. The van der Waals surface area contributed by atoms with Gasteiger partial charge >= 0.3 is 0 Å². The van der Waals surface area contributed by atoms with Crippen molar-refractivity contribution in [2.24, 2.45) is 0 Å². The molecule has 3 fully saturated rings. The third kappa shape index (κ3) is 1.94. The second-order valence-electron chi connectivity index (χ2n) is 3.81. The Bertz CT molecular complexity index is 89.0. The smallest absolute Gasteiger partial charge is 0.00791 e. The normalized spacial score (nSPS) is 39.3. The summed E-state index contributed by atoms with van der Waals surface area (Å²) in [5.74, 6) is 0. The molecule has 0 saturated carbocycles. The van der Waals surface area contributed by atoms with Crippen LogP contribution in [0.2, 0.25) is 0 Å². The molecule has 11 heavy (non-hydrogen) atoms. The van der Waals surface area contributed by atoms with Crippen molar-refractivity contribution in [3.05, 3.63) is 0 Å². The zero-order valence-electron chi connectivity index (χ0n) is 7.10. The maximum absolute atomic E-state index is 3.61. The van der Waals surface area contributed by atoms with E-state index in [0.717, 1.165) is 12.1 Å². The van der Waals surface area contributed by atoms with Gasteiger partial charge in [-0.1, -0.05) is 6.42 Å². The highest BCUT2D eigenvalue weighted by Gasteiger charge is 2.18. The number of hydrogen-bond acceptors (Lipinski definition) is 2. The molecule has 2 heteroatoms. The number of rotatable bonds is 0. The van der Waals surface area contributed by atoms with E-state index in [0.29, 0.717) is 0 Å². The van der Waals surface area contributed by atoms with Crippen LogP contribution in [-0.2, 0) is 0 Å². The van der Waals surface area contributed by atoms with Crippen molar-refractivity contribution in [1.82, 2.24) is 10.6 Å². The third-order valence-corrected chi connectivity index (χ3v) is 2.96. The first kappa shape index (κ1) is 7.56. The van der Waals surface area contributed by atoms with Crippen LogP contribution < -0.4 is 10.6 Å². The van der Waals surface area contributed by atoms with Crippen LogP contribution in [0.15, 0.2) is 0 Å². The molecule has 0 aromatic rings. The topological polar surface area (TPSA) is 24.1 Å². The zero-order valence-corrected chi connectivity index (χ0v) is 7.10. The Morgan fingerprint density at radius 2 is 1.27 bits per heavy atom. The second kappa shape index (κ2) is 3.55. The highest BCUT2D eigenvalue weighted by Crippen LogP contribution is 2.15. The summed E-state index contributed by atoms with van der Waals surface area (Å²) in [4.78, 5) is 0. The fourth-order valence-corrected chi connectivity index (χ4v) is 2.23. The molecule has 3 heterocycles. The van der Waals surface area contributed by atoms with E-state index < -0.39 is 0 Å². The molecule has 3 aliphatic rings. The Balaban J connectivity index is 1.96. The van der Waals surface area contributed by atoms with E-state index in [1.165, 1.54) is 45.2 Å². The lowest BCUT2D eigenvalue weighted by Gasteiger charge is -2.30. The Labute approximate surface area is 68.7 Å². The summed E-state index contributed by atoms with van der Waals surface area (Å²) in [5.41, 5.74) is 0. The van der Waals surface area contributed by atoms with E-state index in [-0.39, 0.29) is 0 Å². The Hall–Kier alpha value is -0.0800. The lowest BCUT2D eigenvalue weighted by atomic mass is 9.95. The maximum Gasteiger partial charge on any atom is 0.00791 e. The minimum absolute atomic E-state index is 0.809. The molecule has 0 aliphatic carbocycles. The van der Waals surface area contributed by atoms with Crippen LogP contribution in [0, 0.1) is 0 Å². The van der Waals surface area contributed by atoms with Gasteiger partial charge in [0.25, 0.3) is 0 Å². The summed E-state index contributed by atoms with van der Waals surface area (Å²) in [6.45, 7) is 2.45. The van der Waals surface area contributed by atoms with E-state index in [1.54, 1.807) is 0 Å².